The van der Waals surface area contributed by atoms with Gasteiger partial charge in [-0.05, 0) is 54.0 Å². The summed E-state index contributed by atoms with van der Waals surface area (Å²) in [6.07, 6.45) is 1.78. The van der Waals surface area contributed by atoms with Crippen LogP contribution < -0.4 is 5.32 Å². The van der Waals surface area contributed by atoms with Crippen molar-refractivity contribution in [3.8, 4) is 0 Å². The molecule has 6 heteroatoms. The Hall–Kier alpha value is -0.170. The quantitative estimate of drug-likeness (QED) is 0.726. The van der Waals surface area contributed by atoms with Crippen LogP contribution in [0.2, 0.25) is 0 Å². The molecular formula is C14H30N2O3S. The summed E-state index contributed by atoms with van der Waals surface area (Å²) in [5, 5.41) is 3.51. The Kier molecular flexibility index (Phi) is 5.63. The fraction of sp³-hybridized carbons (Fsp3) is 1.00. The van der Waals surface area contributed by atoms with Gasteiger partial charge in [0.25, 0.3) is 0 Å². The highest BCUT2D eigenvalue weighted by atomic mass is 32.2. The lowest BCUT2D eigenvalue weighted by Crippen LogP contribution is -2.44. The summed E-state index contributed by atoms with van der Waals surface area (Å²) in [5.41, 5.74) is -0.269. The van der Waals surface area contributed by atoms with E-state index in [2.05, 4.69) is 33.0 Å². The smallest absolute Gasteiger partial charge is 0.213 e. The molecule has 120 valence electrons. The van der Waals surface area contributed by atoms with Crippen molar-refractivity contribution in [1.82, 2.24) is 9.62 Å². The molecule has 1 N–H and O–H groups in total. The maximum absolute atomic E-state index is 11.6. The normalized spacial score (nSPS) is 25.2. The highest BCUT2D eigenvalue weighted by molar-refractivity contribution is 7.89. The van der Waals surface area contributed by atoms with Gasteiger partial charge in [-0.1, -0.05) is 0 Å². The van der Waals surface area contributed by atoms with Crippen molar-refractivity contribution in [3.05, 3.63) is 0 Å². The largest absolute Gasteiger partial charge is 0.368 e. The van der Waals surface area contributed by atoms with Crippen molar-refractivity contribution in [1.29, 1.82) is 0 Å². The van der Waals surface area contributed by atoms with E-state index in [1.54, 1.807) is 14.0 Å². The zero-order valence-corrected chi connectivity index (χ0v) is 14.5. The summed E-state index contributed by atoms with van der Waals surface area (Å²) in [4.78, 5) is 0. The summed E-state index contributed by atoms with van der Waals surface area (Å²) in [7, 11) is -1.41. The summed E-state index contributed by atoms with van der Waals surface area (Å²) in [5.74, 6) is 0.161. The molecule has 1 atom stereocenters. The molecule has 1 aliphatic rings. The molecule has 1 rings (SSSR count). The maximum Gasteiger partial charge on any atom is 0.213 e. The third-order valence-electron chi connectivity index (χ3n) is 3.95. The predicted octanol–water partition coefficient (Wildman–Crippen LogP) is 1.59. The molecule has 1 heterocycles. The molecule has 0 aromatic rings. The molecule has 1 aliphatic heterocycles. The Balaban J connectivity index is 2.35. The lowest BCUT2D eigenvalue weighted by atomic mass is 9.94. The van der Waals surface area contributed by atoms with Crippen LogP contribution in [0.5, 0.6) is 0 Å². The fourth-order valence-corrected chi connectivity index (χ4v) is 3.67. The molecule has 0 radical (unpaired) electrons. The molecule has 1 fully saturated rings. The molecule has 1 saturated heterocycles. The highest BCUT2D eigenvalue weighted by Crippen LogP contribution is 2.37. The fourth-order valence-electron chi connectivity index (χ4n) is 2.82. The van der Waals surface area contributed by atoms with Crippen LogP contribution in [0.4, 0.5) is 0 Å². The van der Waals surface area contributed by atoms with Crippen LogP contribution in [0, 0.1) is 0 Å². The van der Waals surface area contributed by atoms with E-state index in [0.717, 1.165) is 19.4 Å². The van der Waals surface area contributed by atoms with Gasteiger partial charge in [0.15, 0.2) is 0 Å². The first kappa shape index (κ1) is 17.9. The van der Waals surface area contributed by atoms with Crippen LogP contribution in [0.25, 0.3) is 0 Å². The van der Waals surface area contributed by atoms with Gasteiger partial charge in [0.2, 0.25) is 10.0 Å². The van der Waals surface area contributed by atoms with Gasteiger partial charge < -0.3 is 10.1 Å². The number of hydrogen-bond donors (Lipinski definition) is 1. The Morgan fingerprint density at radius 3 is 2.35 bits per heavy atom. The van der Waals surface area contributed by atoms with Crippen LogP contribution in [-0.4, -0.2) is 55.9 Å². The van der Waals surface area contributed by atoms with E-state index < -0.39 is 10.0 Å². The van der Waals surface area contributed by atoms with Crippen molar-refractivity contribution in [2.24, 2.45) is 0 Å². The number of hydrogen-bond acceptors (Lipinski definition) is 4. The highest BCUT2D eigenvalue weighted by Gasteiger charge is 2.45. The zero-order valence-electron chi connectivity index (χ0n) is 13.7. The van der Waals surface area contributed by atoms with Gasteiger partial charge in [-0.25, -0.2) is 12.7 Å². The molecule has 5 nitrogen and oxygen atoms in total. The van der Waals surface area contributed by atoms with E-state index >= 15 is 0 Å². The minimum atomic E-state index is -3.06. The Morgan fingerprint density at radius 1 is 1.30 bits per heavy atom. The van der Waals surface area contributed by atoms with Crippen LogP contribution >= 0.6 is 0 Å². The van der Waals surface area contributed by atoms with E-state index in [1.165, 1.54) is 4.31 Å². The average Bonchev–Trinajstić information content (AvgIpc) is 2.52. The van der Waals surface area contributed by atoms with Gasteiger partial charge in [-0.3, -0.25) is 0 Å². The van der Waals surface area contributed by atoms with Crippen LogP contribution in [-0.2, 0) is 14.8 Å². The number of sulfonamides is 1. The first-order chi connectivity index (χ1) is 9.00. The van der Waals surface area contributed by atoms with Gasteiger partial charge in [-0.15, -0.1) is 0 Å². The average molecular weight is 306 g/mol. The molecule has 0 aliphatic carbocycles. The van der Waals surface area contributed by atoms with Crippen molar-refractivity contribution in [3.63, 3.8) is 0 Å². The third kappa shape index (κ3) is 4.69. The van der Waals surface area contributed by atoms with E-state index in [-0.39, 0.29) is 17.0 Å². The molecule has 0 amide bonds. The van der Waals surface area contributed by atoms with Crippen molar-refractivity contribution in [2.75, 3.05) is 25.9 Å². The van der Waals surface area contributed by atoms with E-state index in [0.29, 0.717) is 12.6 Å². The van der Waals surface area contributed by atoms with Crippen LogP contribution in [0.15, 0.2) is 0 Å². The first-order valence-electron chi connectivity index (χ1n) is 7.38. The molecular weight excluding hydrogens is 276 g/mol. The summed E-state index contributed by atoms with van der Waals surface area (Å²) >= 11 is 0. The summed E-state index contributed by atoms with van der Waals surface area (Å²) in [6.45, 7) is 11.5. The molecule has 0 aromatic carbocycles. The lowest BCUT2D eigenvalue weighted by molar-refractivity contribution is -0.0697. The maximum atomic E-state index is 11.6. The molecule has 20 heavy (non-hydrogen) atoms. The lowest BCUT2D eigenvalue weighted by Gasteiger charge is -2.28. The molecule has 0 aromatic heterocycles. The van der Waals surface area contributed by atoms with Gasteiger partial charge >= 0.3 is 0 Å². The van der Waals surface area contributed by atoms with Gasteiger partial charge in [-0.2, -0.15) is 0 Å². The monoisotopic (exact) mass is 306 g/mol. The minimum Gasteiger partial charge on any atom is -0.368 e. The predicted molar refractivity (Wildman–Crippen MR) is 82.4 cm³/mol. The van der Waals surface area contributed by atoms with Crippen LogP contribution in [0.3, 0.4) is 0 Å². The molecule has 0 saturated carbocycles. The van der Waals surface area contributed by atoms with E-state index in [4.69, 9.17) is 4.74 Å². The standard InChI is InChI=1S/C14H30N2O3S/c1-7-20(17,18)16(6)10-8-9-15-12-11-13(2,3)19-14(12,4)5/h12,15H,7-11H2,1-6H3/t12-/m1/s1. The number of rotatable bonds is 7. The number of nitrogens with one attached hydrogen (secondary N) is 1. The Labute approximate surface area is 124 Å². The molecule has 0 unspecified atom stereocenters. The molecule has 0 bridgehead atoms. The SMILES string of the molecule is CCS(=O)(=O)N(C)CCCN[C@@H]1CC(C)(C)OC1(C)C. The Morgan fingerprint density at radius 2 is 1.90 bits per heavy atom. The second-order valence-corrected chi connectivity index (χ2v) is 9.12. The summed E-state index contributed by atoms with van der Waals surface area (Å²) < 4.78 is 30.7. The molecule has 0 spiro atoms. The summed E-state index contributed by atoms with van der Waals surface area (Å²) in [6, 6.07) is 0.311. The minimum absolute atomic E-state index is 0.0937. The third-order valence-corrected chi connectivity index (χ3v) is 5.82. The van der Waals surface area contributed by atoms with Crippen LogP contribution in [0.1, 0.15) is 47.5 Å². The topological polar surface area (TPSA) is 58.6 Å². The second kappa shape index (κ2) is 6.30. The van der Waals surface area contributed by atoms with Gasteiger partial charge in [0.1, 0.15) is 0 Å². The number of nitrogens with zero attached hydrogens (tertiary/aromatic N) is 1. The van der Waals surface area contributed by atoms with Crippen molar-refractivity contribution in [2.45, 2.75) is 64.7 Å². The number of ether oxygens (including phenoxy) is 1. The zero-order chi connectivity index (χ0) is 15.6. The second-order valence-electron chi connectivity index (χ2n) is 6.75. The van der Waals surface area contributed by atoms with Gasteiger partial charge in [0, 0.05) is 19.6 Å². The van der Waals surface area contributed by atoms with Gasteiger partial charge in [0.05, 0.1) is 17.0 Å². The Bertz CT molecular complexity index is 418. The van der Waals surface area contributed by atoms with Crippen molar-refractivity contribution < 1.29 is 13.2 Å². The van der Waals surface area contributed by atoms with E-state index in [1.807, 2.05) is 0 Å². The van der Waals surface area contributed by atoms with Crippen molar-refractivity contribution >= 4 is 10.0 Å². The van der Waals surface area contributed by atoms with E-state index in [9.17, 15) is 8.42 Å². The first-order valence-corrected chi connectivity index (χ1v) is 8.99.